The molecule has 154 valence electrons. The van der Waals surface area contributed by atoms with E-state index in [2.05, 4.69) is 61.2 Å². The lowest BCUT2D eigenvalue weighted by atomic mass is 9.88. The SMILES string of the molecule is CC1=CC(C)(C)N(C)c2ccc(/C=C3/SC(=Nc4ccc(Cl)c(Cl)c4)NC3=O)cc21. The van der Waals surface area contributed by atoms with Crippen LogP contribution < -0.4 is 10.2 Å². The molecule has 30 heavy (non-hydrogen) atoms. The molecule has 2 aromatic rings. The molecule has 0 radical (unpaired) electrons. The number of thioether (sulfide) groups is 1. The van der Waals surface area contributed by atoms with E-state index < -0.39 is 0 Å². The van der Waals surface area contributed by atoms with E-state index >= 15 is 0 Å². The molecule has 2 aliphatic heterocycles. The summed E-state index contributed by atoms with van der Waals surface area (Å²) in [6.07, 6.45) is 4.16. The lowest BCUT2D eigenvalue weighted by molar-refractivity contribution is -0.115. The fraction of sp³-hybridized carbons (Fsp3) is 0.217. The Morgan fingerprint density at radius 1 is 1.13 bits per heavy atom. The lowest BCUT2D eigenvalue weighted by Gasteiger charge is -2.40. The largest absolute Gasteiger partial charge is 0.366 e. The Morgan fingerprint density at radius 2 is 1.90 bits per heavy atom. The third-order valence-electron chi connectivity index (χ3n) is 5.32. The highest BCUT2D eigenvalue weighted by molar-refractivity contribution is 8.18. The first kappa shape index (κ1) is 21.0. The first-order chi connectivity index (χ1) is 14.1. The molecular weight excluding hydrogens is 437 g/mol. The number of rotatable bonds is 2. The van der Waals surface area contributed by atoms with Gasteiger partial charge in [0, 0.05) is 18.3 Å². The van der Waals surface area contributed by atoms with Crippen LogP contribution in [-0.2, 0) is 4.79 Å². The summed E-state index contributed by atoms with van der Waals surface area (Å²) in [5.41, 5.74) is 5.18. The van der Waals surface area contributed by atoms with E-state index in [1.54, 1.807) is 18.2 Å². The molecule has 1 fully saturated rings. The van der Waals surface area contributed by atoms with Gasteiger partial charge in [-0.15, -0.1) is 0 Å². The van der Waals surface area contributed by atoms with Crippen molar-refractivity contribution in [3.8, 4) is 0 Å². The van der Waals surface area contributed by atoms with Gasteiger partial charge in [0.25, 0.3) is 5.91 Å². The molecule has 0 unspecified atom stereocenters. The van der Waals surface area contributed by atoms with E-state index in [9.17, 15) is 4.79 Å². The van der Waals surface area contributed by atoms with Gasteiger partial charge in [0.15, 0.2) is 5.17 Å². The standard InChI is InChI=1S/C23H21Cl2N3OS/c1-13-12-23(2,3)28(4)19-8-5-14(9-16(13)19)10-20-21(29)27-22(30-20)26-15-6-7-17(24)18(25)11-15/h5-12H,1-4H3,(H,26,27,29)/b20-10+. The number of allylic oxidation sites excluding steroid dienone is 1. The van der Waals surface area contributed by atoms with Crippen molar-refractivity contribution in [1.29, 1.82) is 0 Å². The number of fused-ring (bicyclic) bond motifs is 1. The molecule has 7 heteroatoms. The summed E-state index contributed by atoms with van der Waals surface area (Å²) in [6.45, 7) is 6.52. The van der Waals surface area contributed by atoms with Crippen molar-refractivity contribution < 1.29 is 4.79 Å². The smallest absolute Gasteiger partial charge is 0.264 e. The van der Waals surface area contributed by atoms with Crippen molar-refractivity contribution in [2.24, 2.45) is 4.99 Å². The molecule has 0 spiro atoms. The van der Waals surface area contributed by atoms with E-state index in [0.29, 0.717) is 25.8 Å². The van der Waals surface area contributed by atoms with Crippen molar-refractivity contribution in [1.82, 2.24) is 5.32 Å². The van der Waals surface area contributed by atoms with Crippen molar-refractivity contribution in [3.63, 3.8) is 0 Å². The van der Waals surface area contributed by atoms with Gasteiger partial charge in [0.1, 0.15) is 0 Å². The number of amides is 1. The van der Waals surface area contributed by atoms with Gasteiger partial charge in [0.2, 0.25) is 0 Å². The summed E-state index contributed by atoms with van der Waals surface area (Å²) in [7, 11) is 2.10. The van der Waals surface area contributed by atoms with Crippen molar-refractivity contribution in [2.75, 3.05) is 11.9 Å². The Bertz CT molecular complexity index is 1150. The Balaban J connectivity index is 1.61. The maximum Gasteiger partial charge on any atom is 0.264 e. The Morgan fingerprint density at radius 3 is 2.63 bits per heavy atom. The molecule has 0 aromatic heterocycles. The number of hydrogen-bond donors (Lipinski definition) is 1. The predicted octanol–water partition coefficient (Wildman–Crippen LogP) is 6.52. The van der Waals surface area contributed by atoms with Crippen LogP contribution in [0, 0.1) is 0 Å². The van der Waals surface area contributed by atoms with Crippen LogP contribution in [0.4, 0.5) is 11.4 Å². The van der Waals surface area contributed by atoms with E-state index in [1.165, 1.54) is 28.6 Å². The molecule has 1 N–H and O–H groups in total. The molecule has 4 rings (SSSR count). The quantitative estimate of drug-likeness (QED) is 0.522. The van der Waals surface area contributed by atoms with E-state index in [0.717, 1.165) is 5.56 Å². The zero-order valence-corrected chi connectivity index (χ0v) is 19.4. The van der Waals surface area contributed by atoms with Gasteiger partial charge >= 0.3 is 0 Å². The van der Waals surface area contributed by atoms with Gasteiger partial charge in [0.05, 0.1) is 26.2 Å². The van der Waals surface area contributed by atoms with Crippen molar-refractivity contribution >= 4 is 69.1 Å². The summed E-state index contributed by atoms with van der Waals surface area (Å²) in [6, 6.07) is 11.4. The van der Waals surface area contributed by atoms with Crippen LogP contribution in [0.25, 0.3) is 11.6 Å². The maximum absolute atomic E-state index is 12.4. The van der Waals surface area contributed by atoms with Gasteiger partial charge in [-0.3, -0.25) is 4.79 Å². The molecule has 0 saturated carbocycles. The molecule has 0 aliphatic carbocycles. The number of amidine groups is 1. The summed E-state index contributed by atoms with van der Waals surface area (Å²) in [5, 5.41) is 4.21. The first-order valence-corrected chi connectivity index (χ1v) is 11.0. The molecule has 2 aromatic carbocycles. The first-order valence-electron chi connectivity index (χ1n) is 9.46. The number of nitrogens with one attached hydrogen (secondary N) is 1. The number of likely N-dealkylation sites (N-methyl/N-ethyl adjacent to an activating group) is 1. The zero-order chi connectivity index (χ0) is 21.6. The molecule has 0 atom stereocenters. The van der Waals surface area contributed by atoms with Crippen molar-refractivity contribution in [2.45, 2.75) is 26.3 Å². The second kappa shape index (κ2) is 7.80. The second-order valence-electron chi connectivity index (χ2n) is 7.90. The zero-order valence-electron chi connectivity index (χ0n) is 17.1. The maximum atomic E-state index is 12.4. The normalized spacial score (nSPS) is 20.4. The highest BCUT2D eigenvalue weighted by atomic mass is 35.5. The monoisotopic (exact) mass is 457 g/mol. The van der Waals surface area contributed by atoms with Crippen LogP contribution in [0.2, 0.25) is 10.0 Å². The van der Waals surface area contributed by atoms with Gasteiger partial charge in [-0.05, 0) is 80.1 Å². The van der Waals surface area contributed by atoms with E-state index in [1.807, 2.05) is 12.1 Å². The van der Waals surface area contributed by atoms with Crippen LogP contribution in [-0.4, -0.2) is 23.7 Å². The van der Waals surface area contributed by atoms with E-state index in [4.69, 9.17) is 23.2 Å². The number of anilines is 1. The summed E-state index contributed by atoms with van der Waals surface area (Å²) < 4.78 is 0. The number of hydrogen-bond acceptors (Lipinski definition) is 4. The number of carbonyl (C=O) groups is 1. The molecule has 1 amide bonds. The fourth-order valence-electron chi connectivity index (χ4n) is 3.57. The van der Waals surface area contributed by atoms with Crippen LogP contribution in [0.15, 0.2) is 52.4 Å². The minimum atomic E-state index is -0.165. The van der Waals surface area contributed by atoms with Crippen LogP contribution in [0.1, 0.15) is 31.9 Å². The van der Waals surface area contributed by atoms with Gasteiger partial charge in [-0.1, -0.05) is 35.3 Å². The van der Waals surface area contributed by atoms with E-state index in [-0.39, 0.29) is 11.4 Å². The van der Waals surface area contributed by atoms with Gasteiger partial charge in [-0.25, -0.2) is 4.99 Å². The predicted molar refractivity (Wildman–Crippen MR) is 130 cm³/mol. The Kier molecular flexibility index (Phi) is 5.47. The molecule has 4 nitrogen and oxygen atoms in total. The Labute approximate surface area is 190 Å². The summed E-state index contributed by atoms with van der Waals surface area (Å²) in [5.74, 6) is -0.165. The molecule has 0 bridgehead atoms. The van der Waals surface area contributed by atoms with Gasteiger partial charge < -0.3 is 10.2 Å². The molecule has 2 heterocycles. The highest BCUT2D eigenvalue weighted by Gasteiger charge is 2.29. The Hall–Kier alpha value is -2.21. The topological polar surface area (TPSA) is 44.7 Å². The third-order valence-corrected chi connectivity index (χ3v) is 6.97. The molecule has 2 aliphatic rings. The minimum absolute atomic E-state index is 0.0335. The molecular formula is C23H21Cl2N3OS. The summed E-state index contributed by atoms with van der Waals surface area (Å²) in [4.78, 5) is 19.8. The fourth-order valence-corrected chi connectivity index (χ4v) is 4.70. The number of benzene rings is 2. The van der Waals surface area contributed by atoms with Crippen molar-refractivity contribution in [3.05, 3.63) is 68.6 Å². The van der Waals surface area contributed by atoms with Gasteiger partial charge in [-0.2, -0.15) is 0 Å². The second-order valence-corrected chi connectivity index (χ2v) is 9.74. The summed E-state index contributed by atoms with van der Waals surface area (Å²) >= 11 is 13.3. The number of aliphatic imine (C=N–C) groups is 1. The number of nitrogens with zero attached hydrogens (tertiary/aromatic N) is 2. The van der Waals surface area contributed by atoms with Crippen LogP contribution >= 0.6 is 35.0 Å². The lowest BCUT2D eigenvalue weighted by Crippen LogP contribution is -2.42. The molecule has 1 saturated heterocycles. The minimum Gasteiger partial charge on any atom is -0.366 e. The van der Waals surface area contributed by atoms with Crippen LogP contribution in [0.5, 0.6) is 0 Å². The number of carbonyl (C=O) groups excluding carboxylic acids is 1. The highest BCUT2D eigenvalue weighted by Crippen LogP contribution is 2.39. The average Bonchev–Trinajstić information content (AvgIpc) is 3.01. The third kappa shape index (κ3) is 4.02. The number of halogens is 2. The van der Waals surface area contributed by atoms with Crippen LogP contribution in [0.3, 0.4) is 0 Å². The average molecular weight is 458 g/mol.